The Morgan fingerprint density at radius 3 is 2.40 bits per heavy atom. The molecule has 0 heterocycles. The molecule has 0 aliphatic carbocycles. The number of carbonyl (C=O) groups is 1. The summed E-state index contributed by atoms with van der Waals surface area (Å²) in [6.45, 7) is 7.17. The maximum atomic E-state index is 12.0. The van der Waals surface area contributed by atoms with Crippen LogP contribution in [0.25, 0.3) is 0 Å². The second kappa shape index (κ2) is 7.50. The fraction of sp³-hybridized carbons (Fsp3) is 0.357. The Balaban J connectivity index is 2.75. The van der Waals surface area contributed by atoms with Gasteiger partial charge in [0.15, 0.2) is 0 Å². The quantitative estimate of drug-likeness (QED) is 0.476. The van der Waals surface area contributed by atoms with Crippen LogP contribution in [-0.4, -0.2) is 20.1 Å². The molecule has 0 spiro atoms. The van der Waals surface area contributed by atoms with Crippen LogP contribution in [0.4, 0.5) is 5.69 Å². The zero-order valence-electron chi connectivity index (χ0n) is 11.7. The van der Waals surface area contributed by atoms with Crippen LogP contribution >= 0.6 is 10.8 Å². The first-order valence-corrected chi connectivity index (χ1v) is 9.31. The van der Waals surface area contributed by atoms with E-state index in [-0.39, 0.29) is 10.8 Å². The van der Waals surface area contributed by atoms with Gasteiger partial charge in [0.1, 0.15) is 0 Å². The molecular formula is C14H19NO3S2. The Bertz CT molecular complexity index is 577. The summed E-state index contributed by atoms with van der Waals surface area (Å²) in [5.41, 5.74) is 0.951. The maximum Gasteiger partial charge on any atom is 0.250 e. The highest BCUT2D eigenvalue weighted by Crippen LogP contribution is 2.25. The summed E-state index contributed by atoms with van der Waals surface area (Å²) in [6.07, 6.45) is 1.84. The Hall–Kier alpha value is -1.27. The molecule has 1 amide bonds. The van der Waals surface area contributed by atoms with Gasteiger partial charge in [-0.2, -0.15) is 0 Å². The van der Waals surface area contributed by atoms with E-state index >= 15 is 0 Å². The molecule has 110 valence electrons. The van der Waals surface area contributed by atoms with E-state index < -0.39 is 8.87 Å². The van der Waals surface area contributed by atoms with Crippen molar-refractivity contribution in [3.8, 4) is 0 Å². The Kier molecular flexibility index (Phi) is 6.29. The van der Waals surface area contributed by atoms with Gasteiger partial charge in [-0.25, -0.2) is 8.42 Å². The molecule has 1 N–H and O–H groups in total. The third-order valence-corrected chi connectivity index (χ3v) is 6.15. The zero-order chi connectivity index (χ0) is 15.2. The molecule has 0 bridgehead atoms. The molecule has 0 atom stereocenters. The molecule has 0 saturated carbocycles. The lowest BCUT2D eigenvalue weighted by atomic mass is 10.3. The number of hydrogen-bond donors (Lipinski definition) is 1. The number of rotatable bonds is 7. The molecule has 1 rings (SSSR count). The summed E-state index contributed by atoms with van der Waals surface area (Å²) < 4.78 is 24.0. The van der Waals surface area contributed by atoms with Gasteiger partial charge in [0.05, 0.1) is 4.90 Å². The minimum atomic E-state index is -3.31. The molecule has 0 fully saturated rings. The standard InChI is InChI=1S/C14H19NO3S2/c1-4-5-10-19-20(17,18)13-8-6-12(7-9-13)15-14(16)11(2)3/h6-9H,2,4-5,10H2,1,3H3,(H,15,16). The van der Waals surface area contributed by atoms with Gasteiger partial charge in [0, 0.05) is 17.0 Å². The summed E-state index contributed by atoms with van der Waals surface area (Å²) in [4.78, 5) is 11.7. The predicted octanol–water partition coefficient (Wildman–Crippen LogP) is 3.42. The summed E-state index contributed by atoms with van der Waals surface area (Å²) in [7, 11) is -2.36. The fourth-order valence-corrected chi connectivity index (χ4v) is 4.31. The molecule has 0 saturated heterocycles. The third kappa shape index (κ3) is 5.02. The van der Waals surface area contributed by atoms with Crippen LogP contribution in [-0.2, 0) is 13.7 Å². The van der Waals surface area contributed by atoms with Crippen LogP contribution in [0.2, 0.25) is 0 Å². The Labute approximate surface area is 124 Å². The number of nitrogens with one attached hydrogen (secondary N) is 1. The summed E-state index contributed by atoms with van der Waals surface area (Å²) in [6, 6.07) is 6.16. The Morgan fingerprint density at radius 2 is 1.90 bits per heavy atom. The number of amides is 1. The van der Waals surface area contributed by atoms with Gasteiger partial charge >= 0.3 is 0 Å². The highest BCUT2D eigenvalue weighted by molar-refractivity contribution is 8.72. The largest absolute Gasteiger partial charge is 0.322 e. The van der Waals surface area contributed by atoms with E-state index in [1.165, 1.54) is 12.1 Å². The molecule has 0 aliphatic heterocycles. The van der Waals surface area contributed by atoms with Crippen LogP contribution < -0.4 is 5.32 Å². The highest BCUT2D eigenvalue weighted by Gasteiger charge is 2.14. The van der Waals surface area contributed by atoms with Gasteiger partial charge in [-0.05, 0) is 48.4 Å². The van der Waals surface area contributed by atoms with Gasteiger partial charge in [-0.1, -0.05) is 19.9 Å². The number of benzene rings is 1. The molecule has 1 aromatic carbocycles. The Morgan fingerprint density at radius 1 is 1.30 bits per heavy atom. The number of carbonyl (C=O) groups excluding carboxylic acids is 1. The van der Waals surface area contributed by atoms with E-state index in [2.05, 4.69) is 11.9 Å². The van der Waals surface area contributed by atoms with E-state index in [1.54, 1.807) is 19.1 Å². The number of unbranched alkanes of at least 4 members (excludes halogenated alkanes) is 1. The van der Waals surface area contributed by atoms with Crippen molar-refractivity contribution in [1.82, 2.24) is 0 Å². The minimum Gasteiger partial charge on any atom is -0.322 e. The van der Waals surface area contributed by atoms with Gasteiger partial charge in [-0.3, -0.25) is 4.79 Å². The summed E-state index contributed by atoms with van der Waals surface area (Å²) in [5, 5.41) is 2.63. The van der Waals surface area contributed by atoms with Crippen LogP contribution in [0, 0.1) is 0 Å². The molecule has 0 aromatic heterocycles. The molecule has 4 nitrogen and oxygen atoms in total. The van der Waals surface area contributed by atoms with E-state index in [9.17, 15) is 13.2 Å². The summed E-state index contributed by atoms with van der Waals surface area (Å²) in [5.74, 6) is 0.311. The molecule has 0 aliphatic rings. The normalized spacial score (nSPS) is 11.1. The molecule has 1 aromatic rings. The average Bonchev–Trinajstić information content (AvgIpc) is 2.39. The van der Waals surface area contributed by atoms with Crippen molar-refractivity contribution in [3.05, 3.63) is 36.4 Å². The lowest BCUT2D eigenvalue weighted by Gasteiger charge is -2.07. The minimum absolute atomic E-state index is 0.256. The van der Waals surface area contributed by atoms with Gasteiger partial charge in [0.25, 0.3) is 5.91 Å². The van der Waals surface area contributed by atoms with Crippen molar-refractivity contribution >= 4 is 31.3 Å². The average molecular weight is 313 g/mol. The SMILES string of the molecule is C=C(C)C(=O)Nc1ccc(S(=O)(=O)SCCCC)cc1. The van der Waals surface area contributed by atoms with Crippen molar-refractivity contribution in [2.75, 3.05) is 11.1 Å². The number of anilines is 1. The van der Waals surface area contributed by atoms with Crippen LogP contribution in [0.3, 0.4) is 0 Å². The summed E-state index contributed by atoms with van der Waals surface area (Å²) >= 11 is 0. The zero-order valence-corrected chi connectivity index (χ0v) is 13.3. The van der Waals surface area contributed by atoms with Gasteiger partial charge < -0.3 is 5.32 Å². The maximum absolute atomic E-state index is 12.0. The third-order valence-electron chi connectivity index (χ3n) is 2.52. The van der Waals surface area contributed by atoms with Crippen molar-refractivity contribution < 1.29 is 13.2 Å². The van der Waals surface area contributed by atoms with E-state index in [4.69, 9.17) is 0 Å². The predicted molar refractivity (Wildman–Crippen MR) is 84.4 cm³/mol. The topological polar surface area (TPSA) is 63.2 Å². The molecular weight excluding hydrogens is 294 g/mol. The van der Waals surface area contributed by atoms with E-state index in [0.717, 1.165) is 23.6 Å². The molecule has 0 unspecified atom stereocenters. The van der Waals surface area contributed by atoms with Crippen molar-refractivity contribution in [2.45, 2.75) is 31.6 Å². The van der Waals surface area contributed by atoms with Crippen molar-refractivity contribution in [2.24, 2.45) is 0 Å². The number of hydrogen-bond acceptors (Lipinski definition) is 4. The second-order valence-electron chi connectivity index (χ2n) is 4.39. The monoisotopic (exact) mass is 313 g/mol. The second-order valence-corrected chi connectivity index (χ2v) is 8.44. The van der Waals surface area contributed by atoms with Crippen molar-refractivity contribution in [1.29, 1.82) is 0 Å². The van der Waals surface area contributed by atoms with E-state index in [0.29, 0.717) is 17.0 Å². The molecule has 0 radical (unpaired) electrons. The first-order chi connectivity index (χ1) is 9.36. The van der Waals surface area contributed by atoms with Gasteiger partial charge in [0.2, 0.25) is 8.87 Å². The fourth-order valence-electron chi connectivity index (χ4n) is 1.32. The first kappa shape index (κ1) is 16.8. The van der Waals surface area contributed by atoms with Gasteiger partial charge in [-0.15, -0.1) is 0 Å². The van der Waals surface area contributed by atoms with E-state index in [1.807, 2.05) is 6.92 Å². The lowest BCUT2D eigenvalue weighted by Crippen LogP contribution is -2.11. The molecule has 20 heavy (non-hydrogen) atoms. The van der Waals surface area contributed by atoms with Crippen molar-refractivity contribution in [3.63, 3.8) is 0 Å². The van der Waals surface area contributed by atoms with Crippen LogP contribution in [0.1, 0.15) is 26.7 Å². The van der Waals surface area contributed by atoms with Crippen LogP contribution in [0.5, 0.6) is 0 Å². The first-order valence-electron chi connectivity index (χ1n) is 6.33. The molecule has 6 heteroatoms. The highest BCUT2D eigenvalue weighted by atomic mass is 33.1. The smallest absolute Gasteiger partial charge is 0.250 e. The lowest BCUT2D eigenvalue weighted by molar-refractivity contribution is -0.112. The van der Waals surface area contributed by atoms with Crippen LogP contribution in [0.15, 0.2) is 41.3 Å².